The van der Waals surface area contributed by atoms with Crippen molar-refractivity contribution in [2.24, 2.45) is 0 Å². The van der Waals surface area contributed by atoms with Crippen molar-refractivity contribution < 1.29 is 14.3 Å². The summed E-state index contributed by atoms with van der Waals surface area (Å²) < 4.78 is 15.1. The molecule has 44 heavy (non-hydrogen) atoms. The molecule has 1 atom stereocenters. The topological polar surface area (TPSA) is 66.2 Å². The van der Waals surface area contributed by atoms with E-state index in [1.165, 1.54) is 5.56 Å². The predicted octanol–water partition coefficient (Wildman–Crippen LogP) is 9.41. The van der Waals surface area contributed by atoms with Gasteiger partial charge in [-0.15, -0.1) is 11.3 Å². The van der Waals surface area contributed by atoms with Gasteiger partial charge in [0.15, 0.2) is 6.10 Å². The van der Waals surface area contributed by atoms with Crippen molar-refractivity contribution in [1.82, 2.24) is 14.5 Å². The first-order chi connectivity index (χ1) is 21.1. The molecule has 2 aromatic heterocycles. The summed E-state index contributed by atoms with van der Waals surface area (Å²) in [4.78, 5) is 23.2. The molecule has 6 nitrogen and oxygen atoms in total. The normalized spacial score (nSPS) is 12.6. The number of benzene rings is 4. The highest BCUT2D eigenvalue weighted by Gasteiger charge is 2.33. The smallest absolute Gasteiger partial charge is 0.339 e. The van der Waals surface area contributed by atoms with Crippen LogP contribution in [0.3, 0.4) is 0 Å². The summed E-state index contributed by atoms with van der Waals surface area (Å²) in [5.41, 5.74) is 7.94. The fourth-order valence-corrected chi connectivity index (χ4v) is 6.72. The van der Waals surface area contributed by atoms with E-state index in [4.69, 9.17) is 31.0 Å². The van der Waals surface area contributed by atoms with Gasteiger partial charge in [-0.25, -0.2) is 14.8 Å². The third kappa shape index (κ3) is 6.13. The van der Waals surface area contributed by atoms with Gasteiger partial charge in [-0.1, -0.05) is 54.1 Å². The van der Waals surface area contributed by atoms with Gasteiger partial charge in [0.25, 0.3) is 0 Å². The maximum absolute atomic E-state index is 13.4. The fourth-order valence-electron chi connectivity index (χ4n) is 5.48. The average molecular weight is 624 g/mol. The molecule has 0 radical (unpaired) electrons. The minimum absolute atomic E-state index is 0.259. The van der Waals surface area contributed by atoms with Gasteiger partial charge in [0.2, 0.25) is 0 Å². The molecule has 6 aromatic rings. The van der Waals surface area contributed by atoms with Crippen LogP contribution in [0.2, 0.25) is 5.02 Å². The van der Waals surface area contributed by atoms with E-state index in [9.17, 15) is 4.79 Å². The molecule has 0 amide bonds. The molecule has 0 saturated carbocycles. The molecule has 0 bridgehead atoms. The molecular weight excluding hydrogens is 590 g/mol. The molecule has 2 heterocycles. The highest BCUT2D eigenvalue weighted by Crippen LogP contribution is 2.44. The van der Waals surface area contributed by atoms with Crippen molar-refractivity contribution >= 4 is 50.2 Å². The maximum Gasteiger partial charge on any atom is 0.339 e. The number of aryl methyl sites for hydroxylation is 1. The fraction of sp³-hybridized carbons (Fsp3) is 0.250. The lowest BCUT2D eigenvalue weighted by molar-refractivity contribution is -0.166. The molecular formula is C36H34ClN3O3S. The molecule has 0 N–H and O–H groups in total. The van der Waals surface area contributed by atoms with Gasteiger partial charge in [-0.2, -0.15) is 0 Å². The van der Waals surface area contributed by atoms with Crippen molar-refractivity contribution in [2.45, 2.75) is 52.9 Å². The van der Waals surface area contributed by atoms with Gasteiger partial charge >= 0.3 is 5.97 Å². The van der Waals surface area contributed by atoms with E-state index in [0.717, 1.165) is 60.6 Å². The molecule has 0 fully saturated rings. The molecule has 8 heteroatoms. The Labute approximate surface area is 266 Å². The van der Waals surface area contributed by atoms with E-state index in [1.54, 1.807) is 18.3 Å². The third-order valence-electron chi connectivity index (χ3n) is 7.36. The molecule has 1 unspecified atom stereocenters. The molecule has 0 saturated heterocycles. The molecule has 0 spiro atoms. The van der Waals surface area contributed by atoms with Crippen LogP contribution in [0.15, 0.2) is 85.2 Å². The number of halogens is 1. The van der Waals surface area contributed by atoms with Gasteiger partial charge in [0.05, 0.1) is 39.8 Å². The number of aromatic nitrogens is 3. The SMILES string of the molecule is CCOC(=O)C(OC(C)(C)C)c1c(C)cc2nc(-c3ccc4c(c3)ncn4Cc3ccccc3)sc2c1-c1ccc(Cl)cc1. The van der Waals surface area contributed by atoms with Gasteiger partial charge in [-0.05, 0) is 87.7 Å². The molecule has 0 aliphatic heterocycles. The number of fused-ring (bicyclic) bond motifs is 2. The Hall–Kier alpha value is -4.04. The molecule has 4 aromatic carbocycles. The van der Waals surface area contributed by atoms with Crippen LogP contribution in [0.5, 0.6) is 0 Å². The van der Waals surface area contributed by atoms with Crippen molar-refractivity contribution in [3.05, 3.63) is 107 Å². The lowest BCUT2D eigenvalue weighted by atomic mass is 9.91. The van der Waals surface area contributed by atoms with Crippen LogP contribution in [0, 0.1) is 6.92 Å². The first-order valence-electron chi connectivity index (χ1n) is 14.6. The Kier molecular flexibility index (Phi) is 8.29. The van der Waals surface area contributed by atoms with Crippen LogP contribution in [0.4, 0.5) is 0 Å². The van der Waals surface area contributed by atoms with E-state index >= 15 is 0 Å². The first-order valence-corrected chi connectivity index (χ1v) is 15.8. The highest BCUT2D eigenvalue weighted by molar-refractivity contribution is 7.22. The lowest BCUT2D eigenvalue weighted by Gasteiger charge is -2.29. The second kappa shape index (κ2) is 12.2. The number of hydrogen-bond acceptors (Lipinski definition) is 6. The summed E-state index contributed by atoms with van der Waals surface area (Å²) >= 11 is 7.88. The minimum atomic E-state index is -0.916. The molecule has 6 rings (SSSR count). The molecule has 0 aliphatic carbocycles. The number of carbonyl (C=O) groups excluding carboxylic acids is 1. The molecule has 224 valence electrons. The monoisotopic (exact) mass is 623 g/mol. The summed E-state index contributed by atoms with van der Waals surface area (Å²) in [7, 11) is 0. The van der Waals surface area contributed by atoms with Crippen molar-refractivity contribution in [2.75, 3.05) is 6.61 Å². The summed E-state index contributed by atoms with van der Waals surface area (Å²) in [5, 5.41) is 1.51. The highest BCUT2D eigenvalue weighted by atomic mass is 35.5. The number of esters is 1. The maximum atomic E-state index is 13.4. The second-order valence-corrected chi connectivity index (χ2v) is 13.2. The van der Waals surface area contributed by atoms with Crippen molar-refractivity contribution in [1.29, 1.82) is 0 Å². The summed E-state index contributed by atoms with van der Waals surface area (Å²) in [6.07, 6.45) is 0.972. The number of thiazole rings is 1. The van der Waals surface area contributed by atoms with E-state index in [-0.39, 0.29) is 6.61 Å². The Morgan fingerprint density at radius 2 is 1.70 bits per heavy atom. The zero-order valence-electron chi connectivity index (χ0n) is 25.4. The third-order valence-corrected chi connectivity index (χ3v) is 8.75. The van der Waals surface area contributed by atoms with Crippen LogP contribution in [-0.2, 0) is 20.8 Å². The number of nitrogens with zero attached hydrogens (tertiary/aromatic N) is 3. The second-order valence-electron chi connectivity index (χ2n) is 11.8. The van der Waals surface area contributed by atoms with Crippen LogP contribution < -0.4 is 0 Å². The van der Waals surface area contributed by atoms with E-state index in [2.05, 4.69) is 47.0 Å². The Balaban J connectivity index is 1.50. The van der Waals surface area contributed by atoms with E-state index in [0.29, 0.717) is 5.02 Å². The van der Waals surface area contributed by atoms with Gasteiger partial charge in [0, 0.05) is 28.3 Å². The average Bonchev–Trinajstić information content (AvgIpc) is 3.60. The van der Waals surface area contributed by atoms with Crippen LogP contribution in [0.25, 0.3) is 42.9 Å². The van der Waals surface area contributed by atoms with E-state index in [1.807, 2.05) is 70.4 Å². The lowest BCUT2D eigenvalue weighted by Crippen LogP contribution is -2.29. The Morgan fingerprint density at radius 1 is 0.977 bits per heavy atom. The molecule has 0 aliphatic rings. The standard InChI is InChI=1S/C36H34ClN3O3S/c1-6-42-35(41)32(43-36(3,4)5)30-22(2)18-28-33(31(30)24-12-15-26(37)16-13-24)44-34(39-28)25-14-17-29-27(19-25)38-21-40(29)20-23-10-8-7-9-11-23/h7-19,21,32H,6,20H2,1-5H3. The summed E-state index contributed by atoms with van der Waals surface area (Å²) in [6.45, 7) is 10.6. The number of carbonyl (C=O) groups is 1. The number of imidazole rings is 1. The summed E-state index contributed by atoms with van der Waals surface area (Å²) in [5.74, 6) is -0.415. The number of ether oxygens (including phenoxy) is 2. The van der Waals surface area contributed by atoms with Crippen LogP contribution >= 0.6 is 22.9 Å². The quantitative estimate of drug-likeness (QED) is 0.158. The first kappa shape index (κ1) is 30.0. The van der Waals surface area contributed by atoms with Crippen LogP contribution in [0.1, 0.15) is 50.5 Å². The largest absolute Gasteiger partial charge is 0.464 e. The van der Waals surface area contributed by atoms with Gasteiger partial charge < -0.3 is 14.0 Å². The van der Waals surface area contributed by atoms with Gasteiger partial charge in [0.1, 0.15) is 5.01 Å². The van der Waals surface area contributed by atoms with Crippen molar-refractivity contribution in [3.8, 4) is 21.7 Å². The predicted molar refractivity (Wildman–Crippen MR) is 179 cm³/mol. The summed E-state index contributed by atoms with van der Waals surface area (Å²) in [6, 6.07) is 26.4. The zero-order chi connectivity index (χ0) is 31.0. The Bertz CT molecular complexity index is 1960. The van der Waals surface area contributed by atoms with E-state index < -0.39 is 17.7 Å². The number of hydrogen-bond donors (Lipinski definition) is 0. The van der Waals surface area contributed by atoms with Crippen molar-refractivity contribution in [3.63, 3.8) is 0 Å². The van der Waals surface area contributed by atoms with Crippen LogP contribution in [-0.4, -0.2) is 32.7 Å². The minimum Gasteiger partial charge on any atom is -0.464 e. The number of rotatable bonds is 8. The zero-order valence-corrected chi connectivity index (χ0v) is 27.0. The van der Waals surface area contributed by atoms with Gasteiger partial charge in [-0.3, -0.25) is 0 Å². The Morgan fingerprint density at radius 3 is 2.41 bits per heavy atom.